The Labute approximate surface area is 202 Å². The molecule has 3 heterocycles. The standard InChI is InChI=1S/C27H25N5OS/c1-4-21-9-7-11-24-28-18(3)25(32(21)24)23-16-34-27(31-23)29-20-14-12-19(13-15-20)26(33)30-22-10-6-5-8-17(22)2/h5-16H,4H2,1-3H3,(H,29,31)(H,30,33). The van der Waals surface area contributed by atoms with Crippen molar-refractivity contribution in [2.24, 2.45) is 0 Å². The molecule has 5 aromatic rings. The summed E-state index contributed by atoms with van der Waals surface area (Å²) in [7, 11) is 0. The molecule has 0 aliphatic carbocycles. The molecule has 0 saturated heterocycles. The van der Waals surface area contributed by atoms with E-state index in [1.54, 1.807) is 11.3 Å². The third-order valence-corrected chi connectivity index (χ3v) is 6.56. The molecular weight excluding hydrogens is 442 g/mol. The van der Waals surface area contributed by atoms with Crippen molar-refractivity contribution in [3.05, 3.63) is 94.6 Å². The SMILES string of the molecule is CCc1cccc2nc(C)c(-c3csc(Nc4ccc(C(=O)Nc5ccccc5C)cc4)n3)n12. The predicted octanol–water partition coefficient (Wildman–Crippen LogP) is 6.63. The average Bonchev–Trinajstić information content (AvgIpc) is 3.43. The lowest BCUT2D eigenvalue weighted by molar-refractivity contribution is 0.102. The molecule has 0 atom stereocenters. The van der Waals surface area contributed by atoms with Gasteiger partial charge in [0.1, 0.15) is 11.3 Å². The van der Waals surface area contributed by atoms with Crippen molar-refractivity contribution >= 4 is 39.4 Å². The second kappa shape index (κ2) is 9.11. The normalized spacial score (nSPS) is 11.0. The summed E-state index contributed by atoms with van der Waals surface area (Å²) in [5.41, 5.74) is 8.35. The maximum Gasteiger partial charge on any atom is 0.255 e. The molecule has 7 heteroatoms. The van der Waals surface area contributed by atoms with Crippen LogP contribution in [0.25, 0.3) is 17.0 Å². The number of hydrogen-bond acceptors (Lipinski definition) is 5. The van der Waals surface area contributed by atoms with E-state index in [2.05, 4.69) is 33.4 Å². The molecule has 0 radical (unpaired) electrons. The quantitative estimate of drug-likeness (QED) is 0.294. The van der Waals surface area contributed by atoms with Crippen molar-refractivity contribution in [2.75, 3.05) is 10.6 Å². The molecule has 6 nitrogen and oxygen atoms in total. The van der Waals surface area contributed by atoms with Gasteiger partial charge in [-0.3, -0.25) is 9.20 Å². The number of nitrogens with one attached hydrogen (secondary N) is 2. The van der Waals surface area contributed by atoms with Crippen molar-refractivity contribution in [2.45, 2.75) is 27.2 Å². The minimum Gasteiger partial charge on any atom is -0.332 e. The van der Waals surface area contributed by atoms with Gasteiger partial charge in [-0.25, -0.2) is 9.97 Å². The number of carbonyl (C=O) groups excluding carboxylic acids is 1. The van der Waals surface area contributed by atoms with Crippen LogP contribution in [0.5, 0.6) is 0 Å². The molecule has 0 aliphatic rings. The van der Waals surface area contributed by atoms with Crippen LogP contribution in [0.3, 0.4) is 0 Å². The monoisotopic (exact) mass is 467 g/mol. The fraction of sp³-hybridized carbons (Fsp3) is 0.148. The second-order valence-electron chi connectivity index (χ2n) is 8.12. The number of anilines is 3. The Morgan fingerprint density at radius 1 is 0.971 bits per heavy atom. The molecule has 2 aromatic carbocycles. The van der Waals surface area contributed by atoms with E-state index in [0.29, 0.717) is 5.56 Å². The van der Waals surface area contributed by atoms with Crippen molar-refractivity contribution in [3.63, 3.8) is 0 Å². The van der Waals surface area contributed by atoms with Crippen molar-refractivity contribution in [1.82, 2.24) is 14.4 Å². The Kier molecular flexibility index (Phi) is 5.86. The Balaban J connectivity index is 1.34. The summed E-state index contributed by atoms with van der Waals surface area (Å²) in [5, 5.41) is 9.16. The second-order valence-corrected chi connectivity index (χ2v) is 8.98. The number of carbonyl (C=O) groups is 1. The molecule has 0 unspecified atom stereocenters. The lowest BCUT2D eigenvalue weighted by Crippen LogP contribution is -2.12. The zero-order chi connectivity index (χ0) is 23.7. The Bertz CT molecular complexity index is 1480. The number of aromatic nitrogens is 3. The third-order valence-electron chi connectivity index (χ3n) is 5.80. The number of thiazole rings is 1. The van der Waals surface area contributed by atoms with Gasteiger partial charge in [0.05, 0.1) is 11.4 Å². The number of benzene rings is 2. The number of fused-ring (bicyclic) bond motifs is 1. The molecule has 34 heavy (non-hydrogen) atoms. The molecule has 170 valence electrons. The maximum atomic E-state index is 12.6. The van der Waals surface area contributed by atoms with E-state index in [0.717, 1.165) is 51.2 Å². The number of amides is 1. The number of pyridine rings is 1. The van der Waals surface area contributed by atoms with Gasteiger partial charge in [0.25, 0.3) is 5.91 Å². The molecule has 0 saturated carbocycles. The van der Waals surface area contributed by atoms with E-state index in [1.165, 1.54) is 5.69 Å². The number of imidazole rings is 1. The van der Waals surface area contributed by atoms with Crippen LogP contribution < -0.4 is 10.6 Å². The molecule has 0 fully saturated rings. The fourth-order valence-corrected chi connectivity index (χ4v) is 4.74. The summed E-state index contributed by atoms with van der Waals surface area (Å²) in [6.07, 6.45) is 0.916. The van der Waals surface area contributed by atoms with Crippen molar-refractivity contribution < 1.29 is 4.79 Å². The maximum absolute atomic E-state index is 12.6. The zero-order valence-corrected chi connectivity index (χ0v) is 20.1. The van der Waals surface area contributed by atoms with Gasteiger partial charge in [0.2, 0.25) is 0 Å². The summed E-state index contributed by atoms with van der Waals surface area (Å²) in [4.78, 5) is 22.2. The van der Waals surface area contributed by atoms with Gasteiger partial charge in [-0.15, -0.1) is 11.3 Å². The first-order valence-corrected chi connectivity index (χ1v) is 12.1. The number of hydrogen-bond donors (Lipinski definition) is 2. The predicted molar refractivity (Wildman–Crippen MR) is 139 cm³/mol. The van der Waals surface area contributed by atoms with Gasteiger partial charge >= 0.3 is 0 Å². The van der Waals surface area contributed by atoms with Crippen LogP contribution in [-0.2, 0) is 6.42 Å². The first-order chi connectivity index (χ1) is 16.5. The smallest absolute Gasteiger partial charge is 0.255 e. The fourth-order valence-electron chi connectivity index (χ4n) is 4.03. The minimum atomic E-state index is -0.132. The highest BCUT2D eigenvalue weighted by Crippen LogP contribution is 2.31. The van der Waals surface area contributed by atoms with E-state index in [-0.39, 0.29) is 5.91 Å². The van der Waals surface area contributed by atoms with E-state index in [1.807, 2.05) is 74.5 Å². The van der Waals surface area contributed by atoms with E-state index in [9.17, 15) is 4.79 Å². The highest BCUT2D eigenvalue weighted by atomic mass is 32.1. The Morgan fingerprint density at radius 3 is 2.53 bits per heavy atom. The van der Waals surface area contributed by atoms with Crippen LogP contribution in [0.15, 0.2) is 72.1 Å². The van der Waals surface area contributed by atoms with Crippen LogP contribution in [0.1, 0.15) is 34.2 Å². The molecule has 2 N–H and O–H groups in total. The molecule has 1 amide bonds. The summed E-state index contributed by atoms with van der Waals surface area (Å²) in [6.45, 7) is 6.14. The average molecular weight is 468 g/mol. The van der Waals surface area contributed by atoms with E-state index < -0.39 is 0 Å². The summed E-state index contributed by atoms with van der Waals surface area (Å²) < 4.78 is 2.19. The largest absolute Gasteiger partial charge is 0.332 e. The van der Waals surface area contributed by atoms with Gasteiger partial charge in [0, 0.05) is 28.0 Å². The molecule has 5 rings (SSSR count). The molecular formula is C27H25N5OS. The molecule has 0 spiro atoms. The van der Waals surface area contributed by atoms with Gasteiger partial charge in [-0.2, -0.15) is 0 Å². The van der Waals surface area contributed by atoms with Gasteiger partial charge in [-0.05, 0) is 68.3 Å². The topological polar surface area (TPSA) is 71.3 Å². The number of para-hydroxylation sites is 1. The number of aryl methyl sites for hydroxylation is 3. The zero-order valence-electron chi connectivity index (χ0n) is 19.3. The molecule has 0 bridgehead atoms. The highest BCUT2D eigenvalue weighted by molar-refractivity contribution is 7.14. The van der Waals surface area contributed by atoms with Crippen LogP contribution in [-0.4, -0.2) is 20.3 Å². The van der Waals surface area contributed by atoms with Gasteiger partial charge < -0.3 is 10.6 Å². The number of nitrogens with zero attached hydrogens (tertiary/aromatic N) is 3. The number of rotatable bonds is 6. The van der Waals surface area contributed by atoms with Crippen LogP contribution in [0.2, 0.25) is 0 Å². The van der Waals surface area contributed by atoms with E-state index >= 15 is 0 Å². The lowest BCUT2D eigenvalue weighted by atomic mass is 10.1. The summed E-state index contributed by atoms with van der Waals surface area (Å²) >= 11 is 1.54. The van der Waals surface area contributed by atoms with Crippen LogP contribution >= 0.6 is 11.3 Å². The van der Waals surface area contributed by atoms with Crippen LogP contribution in [0.4, 0.5) is 16.5 Å². The van der Waals surface area contributed by atoms with Gasteiger partial charge in [0.15, 0.2) is 5.13 Å². The first kappa shape index (κ1) is 21.9. The van der Waals surface area contributed by atoms with Crippen LogP contribution in [0, 0.1) is 13.8 Å². The Hall–Kier alpha value is -3.97. The van der Waals surface area contributed by atoms with Crippen molar-refractivity contribution in [1.29, 1.82) is 0 Å². The first-order valence-electron chi connectivity index (χ1n) is 11.2. The molecule has 3 aromatic heterocycles. The highest BCUT2D eigenvalue weighted by Gasteiger charge is 2.16. The third kappa shape index (κ3) is 4.18. The van der Waals surface area contributed by atoms with E-state index in [4.69, 9.17) is 9.97 Å². The van der Waals surface area contributed by atoms with Crippen molar-refractivity contribution in [3.8, 4) is 11.4 Å². The minimum absolute atomic E-state index is 0.132. The summed E-state index contributed by atoms with van der Waals surface area (Å²) in [6, 6.07) is 21.3. The van der Waals surface area contributed by atoms with Gasteiger partial charge in [-0.1, -0.05) is 31.2 Å². The lowest BCUT2D eigenvalue weighted by Gasteiger charge is -2.09. The summed E-state index contributed by atoms with van der Waals surface area (Å²) in [5.74, 6) is -0.132. The Morgan fingerprint density at radius 2 is 1.76 bits per heavy atom. The molecule has 0 aliphatic heterocycles.